The fourth-order valence-corrected chi connectivity index (χ4v) is 5.93. The minimum atomic E-state index is -1.34. The number of halogens is 6. The van der Waals surface area contributed by atoms with E-state index in [4.69, 9.17) is 69.6 Å². The Kier molecular flexibility index (Phi) is 2.46. The van der Waals surface area contributed by atoms with Crippen molar-refractivity contribution in [3.63, 3.8) is 0 Å². The van der Waals surface area contributed by atoms with Gasteiger partial charge in [0, 0.05) is 16.9 Å². The molecule has 3 rings (SSSR count). The lowest BCUT2D eigenvalue weighted by molar-refractivity contribution is 0.424. The van der Waals surface area contributed by atoms with Crippen molar-refractivity contribution < 1.29 is 0 Å². The maximum atomic E-state index is 6.54. The molecular weight excluding hydrogens is 333 g/mol. The molecule has 1 saturated carbocycles. The Balaban J connectivity index is 2.26. The van der Waals surface area contributed by atoms with Gasteiger partial charge in [-0.25, -0.2) is 0 Å². The fourth-order valence-electron chi connectivity index (χ4n) is 3.02. The molecule has 0 heterocycles. The van der Waals surface area contributed by atoms with Gasteiger partial charge in [0.05, 0.1) is 5.38 Å². The normalized spacial score (nSPS) is 56.6. The highest BCUT2D eigenvalue weighted by atomic mass is 35.5. The zero-order chi connectivity index (χ0) is 11.9. The average Bonchev–Trinajstić information content (AvgIpc) is 2.66. The van der Waals surface area contributed by atoms with E-state index in [-0.39, 0.29) is 17.2 Å². The highest BCUT2D eigenvalue weighted by molar-refractivity contribution is 6.62. The van der Waals surface area contributed by atoms with E-state index in [0.29, 0.717) is 5.03 Å². The lowest BCUT2D eigenvalue weighted by Gasteiger charge is -2.33. The SMILES string of the molecule is ClC1=CC2(Cl)C3C(Cl)C=CC3C1(Cl)C2(Cl)Cl. The predicted molar refractivity (Wildman–Crippen MR) is 71.3 cm³/mol. The van der Waals surface area contributed by atoms with E-state index in [1.165, 1.54) is 0 Å². The van der Waals surface area contributed by atoms with Crippen LogP contribution < -0.4 is 0 Å². The summed E-state index contributed by atoms with van der Waals surface area (Å²) in [5, 5.41) is 0.187. The quantitative estimate of drug-likeness (QED) is 0.444. The predicted octanol–water partition coefficient (Wildman–Crippen LogP) is 4.68. The first-order valence-corrected chi connectivity index (χ1v) is 7.06. The molecule has 0 amide bonds. The Morgan fingerprint density at radius 2 is 1.69 bits per heavy atom. The first-order valence-electron chi connectivity index (χ1n) is 4.73. The van der Waals surface area contributed by atoms with Crippen molar-refractivity contribution in [2.75, 3.05) is 0 Å². The smallest absolute Gasteiger partial charge is 0.118 e. The summed E-state index contributed by atoms with van der Waals surface area (Å²) in [4.78, 5) is -2.07. The first-order chi connectivity index (χ1) is 7.27. The van der Waals surface area contributed by atoms with Gasteiger partial charge in [0.2, 0.25) is 0 Å². The third-order valence-electron chi connectivity index (χ3n) is 3.80. The molecule has 2 bridgehead atoms. The van der Waals surface area contributed by atoms with Crippen LogP contribution in [0.4, 0.5) is 0 Å². The molecule has 3 aliphatic rings. The van der Waals surface area contributed by atoms with Crippen molar-refractivity contribution in [3.05, 3.63) is 23.3 Å². The summed E-state index contributed by atoms with van der Waals surface area (Å²) < 4.78 is -1.34. The maximum Gasteiger partial charge on any atom is 0.165 e. The molecule has 16 heavy (non-hydrogen) atoms. The van der Waals surface area contributed by atoms with Gasteiger partial charge in [-0.3, -0.25) is 0 Å². The molecule has 0 radical (unpaired) electrons. The molecule has 0 nitrogen and oxygen atoms in total. The lowest BCUT2D eigenvalue weighted by atomic mass is 9.84. The average molecular weight is 339 g/mol. The fraction of sp³-hybridized carbons (Fsp3) is 0.600. The Morgan fingerprint density at radius 3 is 2.31 bits per heavy atom. The lowest BCUT2D eigenvalue weighted by Crippen LogP contribution is -2.45. The molecule has 5 unspecified atom stereocenters. The monoisotopic (exact) mass is 336 g/mol. The van der Waals surface area contributed by atoms with Gasteiger partial charge in [-0.15, -0.1) is 34.8 Å². The number of rotatable bonds is 0. The van der Waals surface area contributed by atoms with Gasteiger partial charge in [0.1, 0.15) is 9.75 Å². The molecule has 0 saturated heterocycles. The van der Waals surface area contributed by atoms with Crippen LogP contribution in [0.25, 0.3) is 0 Å². The van der Waals surface area contributed by atoms with Crippen molar-refractivity contribution in [1.82, 2.24) is 0 Å². The molecule has 6 heteroatoms. The van der Waals surface area contributed by atoms with Crippen LogP contribution in [0.2, 0.25) is 0 Å². The van der Waals surface area contributed by atoms with E-state index in [1.54, 1.807) is 6.08 Å². The van der Waals surface area contributed by atoms with Crippen LogP contribution in [-0.4, -0.2) is 19.5 Å². The minimum Gasteiger partial charge on any atom is -0.118 e. The van der Waals surface area contributed by atoms with E-state index < -0.39 is 14.1 Å². The molecule has 5 atom stereocenters. The number of hydrogen-bond donors (Lipinski definition) is 0. The second kappa shape index (κ2) is 3.21. The summed E-state index contributed by atoms with van der Waals surface area (Å²) in [6, 6.07) is 0. The van der Waals surface area contributed by atoms with Gasteiger partial charge in [-0.05, 0) is 6.08 Å². The first kappa shape index (κ1) is 12.3. The van der Waals surface area contributed by atoms with Crippen molar-refractivity contribution in [3.8, 4) is 0 Å². The van der Waals surface area contributed by atoms with E-state index in [9.17, 15) is 0 Å². The van der Waals surface area contributed by atoms with E-state index >= 15 is 0 Å². The van der Waals surface area contributed by atoms with Crippen LogP contribution >= 0.6 is 69.6 Å². The maximum absolute atomic E-state index is 6.54. The summed E-state index contributed by atoms with van der Waals surface area (Å²) in [6.07, 6.45) is 5.43. The number of hydrogen-bond acceptors (Lipinski definition) is 0. The second-order valence-corrected chi connectivity index (χ2v) is 7.89. The molecule has 1 fully saturated rings. The van der Waals surface area contributed by atoms with Crippen molar-refractivity contribution in [1.29, 1.82) is 0 Å². The Hall–Kier alpha value is 1.22. The Labute approximate surface area is 123 Å². The molecule has 0 aliphatic heterocycles. The van der Waals surface area contributed by atoms with E-state index in [2.05, 4.69) is 0 Å². The van der Waals surface area contributed by atoms with E-state index in [1.807, 2.05) is 12.2 Å². The standard InChI is InChI=1S/C10H6Cl6/c11-5-2-1-4-7(5)8(13)3-6(12)9(4,14)10(8,15)16/h1-5,7H. The molecule has 0 aromatic heterocycles. The molecule has 88 valence electrons. The van der Waals surface area contributed by atoms with Crippen LogP contribution in [0.15, 0.2) is 23.3 Å². The third-order valence-corrected chi connectivity index (χ3v) is 7.71. The Bertz CT molecular complexity index is 427. The van der Waals surface area contributed by atoms with Gasteiger partial charge in [-0.1, -0.05) is 47.0 Å². The second-order valence-electron chi connectivity index (χ2n) is 4.43. The van der Waals surface area contributed by atoms with Crippen LogP contribution in [-0.2, 0) is 0 Å². The van der Waals surface area contributed by atoms with Crippen LogP contribution in [0.3, 0.4) is 0 Å². The number of allylic oxidation sites excluding steroid dienone is 4. The largest absolute Gasteiger partial charge is 0.165 e. The summed E-state index contributed by atoms with van der Waals surface area (Å²) in [6.45, 7) is 0. The van der Waals surface area contributed by atoms with Crippen molar-refractivity contribution in [2.45, 2.75) is 19.5 Å². The molecular formula is C10H6Cl6. The molecule has 0 aromatic carbocycles. The molecule has 0 aromatic rings. The summed E-state index contributed by atoms with van der Waals surface area (Å²) >= 11 is 38.1. The van der Waals surface area contributed by atoms with Gasteiger partial charge < -0.3 is 0 Å². The van der Waals surface area contributed by atoms with Crippen molar-refractivity contribution in [2.24, 2.45) is 11.8 Å². The summed E-state index contributed by atoms with van der Waals surface area (Å²) in [5.41, 5.74) is 0. The van der Waals surface area contributed by atoms with E-state index in [0.717, 1.165) is 0 Å². The summed E-state index contributed by atoms with van der Waals surface area (Å²) in [7, 11) is 0. The number of alkyl halides is 5. The number of fused-ring (bicyclic) bond motifs is 5. The van der Waals surface area contributed by atoms with Crippen molar-refractivity contribution >= 4 is 69.6 Å². The van der Waals surface area contributed by atoms with Crippen LogP contribution in [0.5, 0.6) is 0 Å². The van der Waals surface area contributed by atoms with Gasteiger partial charge in [-0.2, -0.15) is 0 Å². The molecule has 0 N–H and O–H groups in total. The topological polar surface area (TPSA) is 0 Å². The molecule has 3 aliphatic carbocycles. The zero-order valence-corrected chi connectivity index (χ0v) is 12.3. The van der Waals surface area contributed by atoms with Gasteiger partial charge >= 0.3 is 0 Å². The minimum absolute atomic E-state index is 0.120. The Morgan fingerprint density at radius 1 is 1.06 bits per heavy atom. The zero-order valence-electron chi connectivity index (χ0n) is 7.73. The van der Waals surface area contributed by atoms with Crippen LogP contribution in [0.1, 0.15) is 0 Å². The summed E-state index contributed by atoms with van der Waals surface area (Å²) in [5.74, 6) is -0.243. The molecule has 0 spiro atoms. The van der Waals surface area contributed by atoms with Gasteiger partial charge in [0.15, 0.2) is 4.33 Å². The third kappa shape index (κ3) is 1.01. The highest BCUT2D eigenvalue weighted by Crippen LogP contribution is 2.75. The van der Waals surface area contributed by atoms with Crippen LogP contribution in [0, 0.1) is 11.8 Å². The highest BCUT2D eigenvalue weighted by Gasteiger charge is 2.80. The van der Waals surface area contributed by atoms with Gasteiger partial charge in [0.25, 0.3) is 0 Å².